The second kappa shape index (κ2) is 6.55. The number of nitrogens with zero attached hydrogens (tertiary/aromatic N) is 1. The summed E-state index contributed by atoms with van der Waals surface area (Å²) in [6.45, 7) is 2.79. The molecule has 0 aromatic rings. The molecule has 1 heterocycles. The Bertz CT molecular complexity index is 278. The molecule has 2 aliphatic carbocycles. The van der Waals surface area contributed by atoms with Crippen molar-refractivity contribution < 1.29 is 5.11 Å². The molecule has 2 N–H and O–H groups in total. The fourth-order valence-corrected chi connectivity index (χ4v) is 4.14. The van der Waals surface area contributed by atoms with Gasteiger partial charge in [-0.25, -0.2) is 0 Å². The number of fused-ring (bicyclic) bond motifs is 1. The van der Waals surface area contributed by atoms with Gasteiger partial charge in [-0.1, -0.05) is 12.8 Å². The SMILES string of the molecule is OCC(CCN1CCC[C@H]2CCCC[C@H]21)NC1CC1. The normalized spacial score (nSPS) is 33.9. The van der Waals surface area contributed by atoms with Crippen molar-refractivity contribution in [3.8, 4) is 0 Å². The average Bonchev–Trinajstić information content (AvgIpc) is 3.27. The highest BCUT2D eigenvalue weighted by atomic mass is 16.3. The summed E-state index contributed by atoms with van der Waals surface area (Å²) in [6, 6.07) is 1.90. The Morgan fingerprint density at radius 3 is 2.63 bits per heavy atom. The lowest BCUT2D eigenvalue weighted by molar-refractivity contribution is 0.0554. The Balaban J connectivity index is 1.46. The van der Waals surface area contributed by atoms with Crippen LogP contribution < -0.4 is 5.32 Å². The number of piperidine rings is 1. The third kappa shape index (κ3) is 3.71. The Morgan fingerprint density at radius 2 is 1.84 bits per heavy atom. The molecule has 2 saturated carbocycles. The lowest BCUT2D eigenvalue weighted by Gasteiger charge is -2.44. The van der Waals surface area contributed by atoms with Crippen LogP contribution in [0.3, 0.4) is 0 Å². The molecule has 3 nitrogen and oxygen atoms in total. The first-order valence-corrected chi connectivity index (χ1v) is 8.48. The molecule has 1 saturated heterocycles. The number of likely N-dealkylation sites (tertiary alicyclic amines) is 1. The minimum absolute atomic E-state index is 0.304. The van der Waals surface area contributed by atoms with Gasteiger partial charge in [0, 0.05) is 24.7 Å². The van der Waals surface area contributed by atoms with Crippen molar-refractivity contribution in [3.63, 3.8) is 0 Å². The van der Waals surface area contributed by atoms with Crippen LogP contribution in [-0.2, 0) is 0 Å². The molecule has 3 heteroatoms. The molecule has 1 aliphatic heterocycles. The van der Waals surface area contributed by atoms with Crippen molar-refractivity contribution in [1.29, 1.82) is 0 Å². The second-order valence-electron chi connectivity index (χ2n) is 6.90. The van der Waals surface area contributed by atoms with Gasteiger partial charge in [-0.2, -0.15) is 0 Å². The minimum Gasteiger partial charge on any atom is -0.395 e. The van der Waals surface area contributed by atoms with Crippen LogP contribution in [0.5, 0.6) is 0 Å². The summed E-state index contributed by atoms with van der Waals surface area (Å²) in [4.78, 5) is 2.74. The van der Waals surface area contributed by atoms with Crippen LogP contribution in [0.4, 0.5) is 0 Å². The van der Waals surface area contributed by atoms with Gasteiger partial charge >= 0.3 is 0 Å². The maximum absolute atomic E-state index is 9.48. The van der Waals surface area contributed by atoms with E-state index in [1.165, 1.54) is 64.5 Å². The first-order chi connectivity index (χ1) is 9.36. The molecule has 110 valence electrons. The fourth-order valence-electron chi connectivity index (χ4n) is 4.14. The maximum atomic E-state index is 9.48. The van der Waals surface area contributed by atoms with E-state index in [0.29, 0.717) is 18.7 Å². The van der Waals surface area contributed by atoms with Crippen LogP contribution >= 0.6 is 0 Å². The molecular formula is C16H30N2O. The first-order valence-electron chi connectivity index (χ1n) is 8.48. The Morgan fingerprint density at radius 1 is 1.05 bits per heavy atom. The minimum atomic E-state index is 0.304. The third-order valence-corrected chi connectivity index (χ3v) is 5.39. The number of aliphatic hydroxyl groups is 1. The van der Waals surface area contributed by atoms with Gasteiger partial charge in [0.25, 0.3) is 0 Å². The number of nitrogens with one attached hydrogen (secondary N) is 1. The summed E-state index contributed by atoms with van der Waals surface area (Å²) in [5, 5.41) is 13.1. The van der Waals surface area contributed by atoms with Crippen molar-refractivity contribution in [1.82, 2.24) is 10.2 Å². The van der Waals surface area contributed by atoms with Gasteiger partial charge in [0.2, 0.25) is 0 Å². The zero-order chi connectivity index (χ0) is 13.1. The largest absolute Gasteiger partial charge is 0.395 e. The van der Waals surface area contributed by atoms with Gasteiger partial charge in [0.1, 0.15) is 0 Å². The van der Waals surface area contributed by atoms with Gasteiger partial charge in [-0.05, 0) is 57.4 Å². The average molecular weight is 266 g/mol. The van der Waals surface area contributed by atoms with Crippen molar-refractivity contribution in [2.45, 2.75) is 75.9 Å². The summed E-state index contributed by atoms with van der Waals surface area (Å²) in [5.41, 5.74) is 0. The summed E-state index contributed by atoms with van der Waals surface area (Å²) >= 11 is 0. The molecule has 19 heavy (non-hydrogen) atoms. The molecule has 1 unspecified atom stereocenters. The van der Waals surface area contributed by atoms with E-state index < -0.39 is 0 Å². The predicted molar refractivity (Wildman–Crippen MR) is 78.2 cm³/mol. The monoisotopic (exact) mass is 266 g/mol. The van der Waals surface area contributed by atoms with Gasteiger partial charge in [0.05, 0.1) is 6.61 Å². The van der Waals surface area contributed by atoms with E-state index in [1.807, 2.05) is 0 Å². The summed E-state index contributed by atoms with van der Waals surface area (Å²) in [6.07, 6.45) is 12.4. The summed E-state index contributed by atoms with van der Waals surface area (Å²) in [5.74, 6) is 0.978. The highest BCUT2D eigenvalue weighted by molar-refractivity contribution is 4.89. The lowest BCUT2D eigenvalue weighted by Crippen LogP contribution is -2.48. The number of aliphatic hydroxyl groups excluding tert-OH is 1. The molecular weight excluding hydrogens is 236 g/mol. The van der Waals surface area contributed by atoms with E-state index in [2.05, 4.69) is 10.2 Å². The van der Waals surface area contributed by atoms with E-state index in [4.69, 9.17) is 0 Å². The highest BCUT2D eigenvalue weighted by Gasteiger charge is 2.33. The van der Waals surface area contributed by atoms with Crippen LogP contribution in [0, 0.1) is 5.92 Å². The molecule has 3 aliphatic rings. The van der Waals surface area contributed by atoms with Gasteiger partial charge < -0.3 is 15.3 Å². The number of rotatable bonds is 6. The van der Waals surface area contributed by atoms with Crippen molar-refractivity contribution in [3.05, 3.63) is 0 Å². The Kier molecular flexibility index (Phi) is 4.78. The molecule has 0 spiro atoms. The Hall–Kier alpha value is -0.120. The van der Waals surface area contributed by atoms with Crippen molar-refractivity contribution in [2.75, 3.05) is 19.7 Å². The standard InChI is InChI=1S/C16H30N2O/c19-12-15(17-14-7-8-14)9-11-18-10-3-5-13-4-1-2-6-16(13)18/h13-17,19H,1-12H2/t13-,15?,16-/m1/s1. The van der Waals surface area contributed by atoms with E-state index in [9.17, 15) is 5.11 Å². The van der Waals surface area contributed by atoms with Crippen LogP contribution in [0.1, 0.15) is 57.8 Å². The smallest absolute Gasteiger partial charge is 0.0585 e. The van der Waals surface area contributed by atoms with Gasteiger partial charge in [0.15, 0.2) is 0 Å². The Labute approximate surface area is 117 Å². The number of hydrogen-bond acceptors (Lipinski definition) is 3. The van der Waals surface area contributed by atoms with Crippen molar-refractivity contribution >= 4 is 0 Å². The third-order valence-electron chi connectivity index (χ3n) is 5.39. The molecule has 3 rings (SSSR count). The molecule has 0 aromatic carbocycles. The highest BCUT2D eigenvalue weighted by Crippen LogP contribution is 2.35. The number of hydrogen-bond donors (Lipinski definition) is 2. The topological polar surface area (TPSA) is 35.5 Å². The molecule has 3 fully saturated rings. The fraction of sp³-hybridized carbons (Fsp3) is 1.00. The first kappa shape index (κ1) is 13.8. The second-order valence-corrected chi connectivity index (χ2v) is 6.90. The van der Waals surface area contributed by atoms with Gasteiger partial charge in [-0.3, -0.25) is 0 Å². The molecule has 0 radical (unpaired) electrons. The molecule has 0 aromatic heterocycles. The maximum Gasteiger partial charge on any atom is 0.0585 e. The zero-order valence-corrected chi connectivity index (χ0v) is 12.2. The lowest BCUT2D eigenvalue weighted by atomic mass is 9.78. The van der Waals surface area contributed by atoms with Crippen LogP contribution in [0.15, 0.2) is 0 Å². The quantitative estimate of drug-likeness (QED) is 0.773. The molecule has 3 atom stereocenters. The van der Waals surface area contributed by atoms with E-state index in [0.717, 1.165) is 18.4 Å². The summed E-state index contributed by atoms with van der Waals surface area (Å²) < 4.78 is 0. The van der Waals surface area contributed by atoms with E-state index in [-0.39, 0.29) is 0 Å². The van der Waals surface area contributed by atoms with E-state index >= 15 is 0 Å². The van der Waals surface area contributed by atoms with Crippen LogP contribution in [0.25, 0.3) is 0 Å². The predicted octanol–water partition coefficient (Wildman–Crippen LogP) is 2.14. The summed E-state index contributed by atoms with van der Waals surface area (Å²) in [7, 11) is 0. The zero-order valence-electron chi connectivity index (χ0n) is 12.2. The van der Waals surface area contributed by atoms with Crippen LogP contribution in [0.2, 0.25) is 0 Å². The van der Waals surface area contributed by atoms with E-state index in [1.54, 1.807) is 0 Å². The van der Waals surface area contributed by atoms with Crippen LogP contribution in [-0.4, -0.2) is 47.8 Å². The van der Waals surface area contributed by atoms with Crippen molar-refractivity contribution in [2.24, 2.45) is 5.92 Å². The van der Waals surface area contributed by atoms with Gasteiger partial charge in [-0.15, -0.1) is 0 Å². The molecule has 0 amide bonds. The molecule has 0 bridgehead atoms.